The molecule has 1 aromatic carbocycles. The molecule has 0 radical (unpaired) electrons. The van der Waals surface area contributed by atoms with E-state index in [1.807, 2.05) is 20.8 Å². The van der Waals surface area contributed by atoms with Crippen molar-refractivity contribution in [3.63, 3.8) is 0 Å². The van der Waals surface area contributed by atoms with E-state index in [0.29, 0.717) is 34.1 Å². The minimum atomic E-state index is -4.34. The summed E-state index contributed by atoms with van der Waals surface area (Å²) in [5.41, 5.74) is 8.44. The minimum Gasteiger partial charge on any atom is -0.493 e. The summed E-state index contributed by atoms with van der Waals surface area (Å²) in [5.74, 6) is 0.110. The van der Waals surface area contributed by atoms with Crippen LogP contribution in [-0.4, -0.2) is 29.6 Å². The molecule has 196 valence electrons. The van der Waals surface area contributed by atoms with E-state index in [-0.39, 0.29) is 24.7 Å². The van der Waals surface area contributed by atoms with Crippen molar-refractivity contribution in [2.75, 3.05) is 12.4 Å². The van der Waals surface area contributed by atoms with Gasteiger partial charge in [-0.3, -0.25) is 4.79 Å². The summed E-state index contributed by atoms with van der Waals surface area (Å²) in [5, 5.41) is 8.97. The van der Waals surface area contributed by atoms with Gasteiger partial charge in [-0.05, 0) is 47.2 Å². The average Bonchev–Trinajstić information content (AvgIpc) is 3.03. The maximum Gasteiger partial charge on any atom is 0.412 e. The Morgan fingerprint density at radius 3 is 2.56 bits per heavy atom. The Labute approximate surface area is 220 Å². The SMILES string of the molecule is C=C(CC(=O)O)c1ccc(OCC(C)/C(SCC2=CC=C(C(F)(F)F)CC=C2)=C(/N)C(C)C)cc1S. The number of carboxylic acid groups (broad SMARTS) is 1. The average molecular weight is 540 g/mol. The fraction of sp³-hybridized carbons (Fsp3) is 0.370. The van der Waals surface area contributed by atoms with Gasteiger partial charge in [0.1, 0.15) is 5.75 Å². The van der Waals surface area contributed by atoms with Crippen molar-refractivity contribution in [2.45, 2.75) is 44.7 Å². The predicted molar refractivity (Wildman–Crippen MR) is 144 cm³/mol. The Hall–Kier alpha value is -2.52. The Kier molecular flexibility index (Phi) is 10.8. The summed E-state index contributed by atoms with van der Waals surface area (Å²) >= 11 is 5.95. The van der Waals surface area contributed by atoms with Crippen LogP contribution in [0.15, 0.2) is 75.7 Å². The summed E-state index contributed by atoms with van der Waals surface area (Å²) in [7, 11) is 0. The number of ether oxygens (including phenoxy) is 1. The summed E-state index contributed by atoms with van der Waals surface area (Å²) < 4.78 is 45.0. The first-order valence-electron chi connectivity index (χ1n) is 11.4. The van der Waals surface area contributed by atoms with Crippen molar-refractivity contribution < 1.29 is 27.8 Å². The Balaban J connectivity index is 2.11. The molecule has 1 aromatic rings. The molecule has 1 aliphatic carbocycles. The zero-order valence-corrected chi connectivity index (χ0v) is 22.3. The maximum atomic E-state index is 13.0. The van der Waals surface area contributed by atoms with Crippen molar-refractivity contribution >= 4 is 35.9 Å². The monoisotopic (exact) mass is 539 g/mol. The van der Waals surface area contributed by atoms with Gasteiger partial charge in [0.05, 0.1) is 13.0 Å². The zero-order chi connectivity index (χ0) is 27.0. The number of thioether (sulfide) groups is 1. The van der Waals surface area contributed by atoms with E-state index in [2.05, 4.69) is 19.2 Å². The van der Waals surface area contributed by atoms with Gasteiger partial charge < -0.3 is 15.6 Å². The molecule has 0 saturated carbocycles. The van der Waals surface area contributed by atoms with Crippen molar-refractivity contribution in [1.82, 2.24) is 0 Å². The van der Waals surface area contributed by atoms with E-state index in [4.69, 9.17) is 15.6 Å². The van der Waals surface area contributed by atoms with Crippen molar-refractivity contribution in [2.24, 2.45) is 17.6 Å². The molecule has 0 amide bonds. The third-order valence-corrected chi connectivity index (χ3v) is 7.29. The molecular formula is C27H32F3NO3S2. The van der Waals surface area contributed by atoms with Crippen LogP contribution in [0, 0.1) is 11.8 Å². The van der Waals surface area contributed by atoms with E-state index < -0.39 is 17.7 Å². The standard InChI is InChI=1S/C27H32F3NO3S2/c1-16(2)25(31)26(36-15-19-6-5-7-20(9-8-19)27(28,29)30)18(4)14-34-21-10-11-22(23(35)13-21)17(3)12-24(32)33/h5-6,8-11,13,16,18,35H,3,7,12,14-15,31H2,1-2,4H3,(H,32,33)/b26-25-. The van der Waals surface area contributed by atoms with Crippen LogP contribution >= 0.6 is 24.4 Å². The van der Waals surface area contributed by atoms with E-state index >= 15 is 0 Å². The normalized spacial score (nSPS) is 15.6. The number of thiol groups is 1. The highest BCUT2D eigenvalue weighted by atomic mass is 32.2. The number of carboxylic acids is 1. The van der Waals surface area contributed by atoms with Gasteiger partial charge in [-0.1, -0.05) is 51.7 Å². The number of allylic oxidation sites excluding steroid dienone is 6. The molecule has 0 fully saturated rings. The van der Waals surface area contributed by atoms with Crippen LogP contribution in [0.3, 0.4) is 0 Å². The second-order valence-corrected chi connectivity index (χ2v) is 10.4. The predicted octanol–water partition coefficient (Wildman–Crippen LogP) is 7.41. The topological polar surface area (TPSA) is 72.5 Å². The van der Waals surface area contributed by atoms with Gasteiger partial charge in [-0.2, -0.15) is 13.2 Å². The molecule has 0 saturated heterocycles. The number of hydrogen-bond acceptors (Lipinski definition) is 5. The molecule has 1 atom stereocenters. The number of nitrogens with two attached hydrogens (primary N) is 1. The quantitative estimate of drug-likeness (QED) is 0.255. The molecule has 4 nitrogen and oxygen atoms in total. The molecule has 1 aliphatic rings. The van der Waals surface area contributed by atoms with E-state index in [1.54, 1.807) is 24.3 Å². The van der Waals surface area contributed by atoms with Gasteiger partial charge in [-0.25, -0.2) is 0 Å². The second kappa shape index (κ2) is 13.1. The fourth-order valence-corrected chi connectivity index (χ4v) is 5.03. The van der Waals surface area contributed by atoms with Crippen LogP contribution in [0.1, 0.15) is 39.2 Å². The third kappa shape index (κ3) is 8.85. The molecule has 2 rings (SSSR count). The lowest BCUT2D eigenvalue weighted by atomic mass is 10.0. The lowest BCUT2D eigenvalue weighted by Crippen LogP contribution is -2.17. The van der Waals surface area contributed by atoms with Gasteiger partial charge in [0.15, 0.2) is 0 Å². The largest absolute Gasteiger partial charge is 0.493 e. The first-order valence-corrected chi connectivity index (χ1v) is 12.8. The van der Waals surface area contributed by atoms with Crippen molar-refractivity contribution in [3.05, 3.63) is 76.4 Å². The molecular weight excluding hydrogens is 507 g/mol. The van der Waals surface area contributed by atoms with Gasteiger partial charge >= 0.3 is 12.1 Å². The second-order valence-electron chi connectivity index (χ2n) is 8.87. The maximum absolute atomic E-state index is 13.0. The van der Waals surface area contributed by atoms with Crippen LogP contribution in [0.25, 0.3) is 5.57 Å². The van der Waals surface area contributed by atoms with Gasteiger partial charge in [0.25, 0.3) is 0 Å². The summed E-state index contributed by atoms with van der Waals surface area (Å²) in [6.07, 6.45) is 1.25. The Bertz CT molecular complexity index is 1100. The molecule has 36 heavy (non-hydrogen) atoms. The molecule has 0 bridgehead atoms. The first kappa shape index (κ1) is 29.7. The molecule has 0 spiro atoms. The molecule has 0 heterocycles. The number of carbonyl (C=O) groups is 1. The number of benzene rings is 1. The van der Waals surface area contributed by atoms with Crippen LogP contribution in [0.4, 0.5) is 13.2 Å². The molecule has 1 unspecified atom stereocenters. The number of rotatable bonds is 11. The minimum absolute atomic E-state index is 0.0703. The molecule has 3 N–H and O–H groups in total. The highest BCUT2D eigenvalue weighted by molar-refractivity contribution is 8.03. The number of halogens is 3. The number of alkyl halides is 3. The van der Waals surface area contributed by atoms with Crippen molar-refractivity contribution in [1.29, 1.82) is 0 Å². The first-order chi connectivity index (χ1) is 16.8. The number of hydrogen-bond donors (Lipinski definition) is 3. The van der Waals surface area contributed by atoms with E-state index in [9.17, 15) is 18.0 Å². The zero-order valence-electron chi connectivity index (χ0n) is 20.6. The molecule has 0 aliphatic heterocycles. The highest BCUT2D eigenvalue weighted by Crippen LogP contribution is 2.34. The summed E-state index contributed by atoms with van der Waals surface area (Å²) in [6, 6.07) is 5.18. The van der Waals surface area contributed by atoms with E-state index in [1.165, 1.54) is 23.9 Å². The lowest BCUT2D eigenvalue weighted by molar-refractivity contribution is -0.135. The molecule has 9 heteroatoms. The van der Waals surface area contributed by atoms with Gasteiger partial charge in [0.2, 0.25) is 0 Å². The third-order valence-electron chi connectivity index (χ3n) is 5.50. The van der Waals surface area contributed by atoms with Crippen molar-refractivity contribution in [3.8, 4) is 5.75 Å². The summed E-state index contributed by atoms with van der Waals surface area (Å²) in [4.78, 5) is 12.4. The van der Waals surface area contributed by atoms with Crippen LogP contribution in [-0.2, 0) is 4.79 Å². The van der Waals surface area contributed by atoms with E-state index in [0.717, 1.165) is 22.3 Å². The Morgan fingerprint density at radius 2 is 1.97 bits per heavy atom. The number of aliphatic carboxylic acids is 1. The fourth-order valence-electron chi connectivity index (χ4n) is 3.41. The molecule has 0 aromatic heterocycles. The van der Waals surface area contributed by atoms with Gasteiger partial charge in [0, 0.05) is 32.7 Å². The lowest BCUT2D eigenvalue weighted by Gasteiger charge is -2.21. The van der Waals surface area contributed by atoms with Crippen LogP contribution in [0.2, 0.25) is 0 Å². The van der Waals surface area contributed by atoms with Gasteiger partial charge in [-0.15, -0.1) is 24.4 Å². The smallest absolute Gasteiger partial charge is 0.412 e. The summed E-state index contributed by atoms with van der Waals surface area (Å²) in [6.45, 7) is 10.1. The van der Waals surface area contributed by atoms with Crippen LogP contribution < -0.4 is 10.5 Å². The Morgan fingerprint density at radius 1 is 1.28 bits per heavy atom. The van der Waals surface area contributed by atoms with Crippen LogP contribution in [0.5, 0.6) is 5.75 Å². The highest BCUT2D eigenvalue weighted by Gasteiger charge is 2.32.